The summed E-state index contributed by atoms with van der Waals surface area (Å²) < 4.78 is 3.55. The van der Waals surface area contributed by atoms with E-state index < -0.39 is 5.60 Å². The molecule has 4 rings (SSSR count). The zero-order chi connectivity index (χ0) is 24.1. The highest BCUT2D eigenvalue weighted by Gasteiger charge is 2.31. The molecule has 33 heavy (non-hydrogen) atoms. The molecule has 178 valence electrons. The molecule has 0 radical (unpaired) electrons. The number of pyridine rings is 1. The third-order valence-electron chi connectivity index (χ3n) is 6.98. The van der Waals surface area contributed by atoms with Crippen LogP contribution in [0.25, 0.3) is 22.2 Å². The van der Waals surface area contributed by atoms with Crippen LogP contribution in [0, 0.1) is 11.8 Å². The number of aliphatic hydroxyl groups is 1. The number of aryl methyl sites for hydroxylation is 1. The minimum Gasteiger partial charge on any atom is -0.390 e. The van der Waals surface area contributed by atoms with Gasteiger partial charge in [0.1, 0.15) is 11.2 Å². The Hall–Kier alpha value is -3.07. The molecule has 3 aromatic heterocycles. The first kappa shape index (κ1) is 23.1. The van der Waals surface area contributed by atoms with Crippen molar-refractivity contribution in [3.63, 3.8) is 0 Å². The first-order valence-electron chi connectivity index (χ1n) is 11.6. The number of nitrogens with zero attached hydrogens (tertiary/aromatic N) is 5. The highest BCUT2D eigenvalue weighted by molar-refractivity contribution is 5.97. The number of H-pyrrole nitrogens is 1. The van der Waals surface area contributed by atoms with Gasteiger partial charge in [-0.25, -0.2) is 0 Å². The first-order chi connectivity index (χ1) is 15.5. The van der Waals surface area contributed by atoms with E-state index >= 15 is 0 Å². The summed E-state index contributed by atoms with van der Waals surface area (Å²) in [5.41, 5.74) is 7.32. The average molecular weight is 454 g/mol. The predicted octanol–water partition coefficient (Wildman–Crippen LogP) is 3.08. The summed E-state index contributed by atoms with van der Waals surface area (Å²) in [6.07, 6.45) is 5.47. The summed E-state index contributed by atoms with van der Waals surface area (Å²) in [5, 5.41) is 22.6. The van der Waals surface area contributed by atoms with Crippen molar-refractivity contribution < 1.29 is 5.11 Å². The van der Waals surface area contributed by atoms with E-state index in [0.29, 0.717) is 10.9 Å². The van der Waals surface area contributed by atoms with Crippen molar-refractivity contribution in [1.82, 2.24) is 24.5 Å². The molecule has 9 nitrogen and oxygen atoms in total. The van der Waals surface area contributed by atoms with Crippen molar-refractivity contribution >= 4 is 22.5 Å². The Balaban J connectivity index is 1.77. The van der Waals surface area contributed by atoms with Crippen molar-refractivity contribution in [2.75, 3.05) is 23.7 Å². The molecule has 1 fully saturated rings. The lowest BCUT2D eigenvalue weighted by Gasteiger charge is -2.38. The summed E-state index contributed by atoms with van der Waals surface area (Å²) in [4.78, 5) is 15.6. The van der Waals surface area contributed by atoms with Gasteiger partial charge in [-0.15, -0.1) is 6.58 Å². The van der Waals surface area contributed by atoms with E-state index in [1.165, 1.54) is 0 Å². The van der Waals surface area contributed by atoms with Gasteiger partial charge in [-0.3, -0.25) is 14.6 Å². The molecule has 0 aliphatic carbocycles. The fourth-order valence-electron chi connectivity index (χ4n) is 4.98. The standard InChI is InChI=1S/C24H35N7O2/c1-7-18(14(2)3)31-13-16(21-20(23(31)32)22(25)27-26-21)17-12-19(29(6)28-17)30-10-8-15(9-11-30)24(4,5)33/h7,12-15,18,33H,1,8-11H2,2-6H3,(H3,25,26,27). The Kier molecular flexibility index (Phi) is 5.86. The quantitative estimate of drug-likeness (QED) is 0.494. The van der Waals surface area contributed by atoms with Gasteiger partial charge in [-0.05, 0) is 38.5 Å². The van der Waals surface area contributed by atoms with Gasteiger partial charge in [0.2, 0.25) is 0 Å². The number of nitrogens with two attached hydrogens (primary N) is 1. The first-order valence-corrected chi connectivity index (χ1v) is 11.6. The number of anilines is 2. The second kappa shape index (κ2) is 8.37. The molecular weight excluding hydrogens is 418 g/mol. The molecule has 3 aromatic rings. The van der Waals surface area contributed by atoms with Crippen LogP contribution in [-0.2, 0) is 7.05 Å². The molecule has 1 atom stereocenters. The number of aromatic amines is 1. The summed E-state index contributed by atoms with van der Waals surface area (Å²) in [7, 11) is 1.93. The van der Waals surface area contributed by atoms with Gasteiger partial charge < -0.3 is 20.3 Å². The van der Waals surface area contributed by atoms with E-state index in [0.717, 1.165) is 43.0 Å². The van der Waals surface area contributed by atoms with E-state index in [4.69, 9.17) is 10.8 Å². The molecule has 9 heteroatoms. The summed E-state index contributed by atoms with van der Waals surface area (Å²) in [6, 6.07) is 1.86. The number of aromatic nitrogens is 5. The molecule has 1 unspecified atom stereocenters. The van der Waals surface area contributed by atoms with Gasteiger partial charge in [0.15, 0.2) is 5.82 Å². The van der Waals surface area contributed by atoms with Crippen LogP contribution < -0.4 is 16.2 Å². The second-order valence-corrected chi connectivity index (χ2v) is 10.0. The maximum Gasteiger partial charge on any atom is 0.264 e. The molecule has 1 saturated heterocycles. The van der Waals surface area contributed by atoms with Crippen LogP contribution in [0.3, 0.4) is 0 Å². The number of hydrogen-bond donors (Lipinski definition) is 3. The maximum atomic E-state index is 13.3. The number of nitrogen functional groups attached to an aromatic ring is 1. The summed E-state index contributed by atoms with van der Waals surface area (Å²) in [6.45, 7) is 13.5. The van der Waals surface area contributed by atoms with Gasteiger partial charge in [0.05, 0.1) is 22.9 Å². The van der Waals surface area contributed by atoms with Crippen molar-refractivity contribution in [1.29, 1.82) is 0 Å². The number of hydrogen-bond acceptors (Lipinski definition) is 6. The topological polar surface area (TPSA) is 118 Å². The third-order valence-corrected chi connectivity index (χ3v) is 6.98. The van der Waals surface area contributed by atoms with E-state index in [1.54, 1.807) is 10.6 Å². The second-order valence-electron chi connectivity index (χ2n) is 10.0. The van der Waals surface area contributed by atoms with Crippen LogP contribution in [0.5, 0.6) is 0 Å². The SMILES string of the molecule is C=CC(C(C)C)n1cc(-c2cc(N3CCC(C(C)(C)O)CC3)n(C)n2)c2[nH]nc(N)c2c1=O. The average Bonchev–Trinajstić information content (AvgIpc) is 3.33. The van der Waals surface area contributed by atoms with E-state index in [1.807, 2.05) is 37.8 Å². The van der Waals surface area contributed by atoms with E-state index in [9.17, 15) is 9.90 Å². The van der Waals surface area contributed by atoms with Gasteiger partial charge in [0.25, 0.3) is 5.56 Å². The zero-order valence-electron chi connectivity index (χ0n) is 20.2. The molecule has 4 heterocycles. The van der Waals surface area contributed by atoms with Gasteiger partial charge >= 0.3 is 0 Å². The maximum absolute atomic E-state index is 13.3. The minimum atomic E-state index is -0.665. The molecule has 1 aliphatic heterocycles. The van der Waals surface area contributed by atoms with Gasteiger partial charge in [-0.1, -0.05) is 19.9 Å². The Bertz CT molecular complexity index is 1220. The predicted molar refractivity (Wildman–Crippen MR) is 132 cm³/mol. The third kappa shape index (κ3) is 4.06. The lowest BCUT2D eigenvalue weighted by atomic mass is 9.83. The van der Waals surface area contributed by atoms with Crippen molar-refractivity contribution in [3.8, 4) is 11.3 Å². The zero-order valence-corrected chi connectivity index (χ0v) is 20.2. The Morgan fingerprint density at radius 2 is 2.00 bits per heavy atom. The lowest BCUT2D eigenvalue weighted by molar-refractivity contribution is 0.00642. The molecule has 4 N–H and O–H groups in total. The smallest absolute Gasteiger partial charge is 0.264 e. The Labute approximate surface area is 193 Å². The summed E-state index contributed by atoms with van der Waals surface area (Å²) >= 11 is 0. The van der Waals surface area contributed by atoms with E-state index in [2.05, 4.69) is 35.5 Å². The van der Waals surface area contributed by atoms with Crippen molar-refractivity contribution in [2.24, 2.45) is 18.9 Å². The summed E-state index contributed by atoms with van der Waals surface area (Å²) in [5.74, 6) is 1.64. The molecule has 0 spiro atoms. The number of allylic oxidation sites excluding steroid dienone is 1. The minimum absolute atomic E-state index is 0.176. The normalized spacial score (nSPS) is 16.6. The fraction of sp³-hybridized carbons (Fsp3) is 0.542. The van der Waals surface area contributed by atoms with Gasteiger partial charge in [0, 0.05) is 38.0 Å². The van der Waals surface area contributed by atoms with Crippen LogP contribution in [0.2, 0.25) is 0 Å². The van der Waals surface area contributed by atoms with Crippen molar-refractivity contribution in [3.05, 3.63) is 35.3 Å². The largest absolute Gasteiger partial charge is 0.390 e. The van der Waals surface area contributed by atoms with Crippen LogP contribution in [-0.4, -0.2) is 48.3 Å². The van der Waals surface area contributed by atoms with Crippen LogP contribution in [0.15, 0.2) is 29.7 Å². The number of fused-ring (bicyclic) bond motifs is 1. The highest BCUT2D eigenvalue weighted by Crippen LogP contribution is 2.34. The highest BCUT2D eigenvalue weighted by atomic mass is 16.3. The molecule has 0 bridgehead atoms. The fourth-order valence-corrected chi connectivity index (χ4v) is 4.98. The van der Waals surface area contributed by atoms with Crippen LogP contribution >= 0.6 is 0 Å². The van der Waals surface area contributed by atoms with Crippen molar-refractivity contribution in [2.45, 2.75) is 52.2 Å². The number of rotatable bonds is 6. The molecular formula is C24H35N7O2. The van der Waals surface area contributed by atoms with Crippen LogP contribution in [0.1, 0.15) is 46.6 Å². The molecule has 0 aromatic carbocycles. The lowest BCUT2D eigenvalue weighted by Crippen LogP contribution is -2.42. The monoisotopic (exact) mass is 453 g/mol. The Morgan fingerprint density at radius 3 is 2.58 bits per heavy atom. The number of nitrogens with one attached hydrogen (secondary N) is 1. The molecule has 1 aliphatic rings. The van der Waals surface area contributed by atoms with Gasteiger partial charge in [-0.2, -0.15) is 10.2 Å². The Morgan fingerprint density at radius 1 is 1.33 bits per heavy atom. The van der Waals surface area contributed by atoms with Crippen LogP contribution in [0.4, 0.5) is 11.6 Å². The molecule has 0 saturated carbocycles. The van der Waals surface area contributed by atoms with E-state index in [-0.39, 0.29) is 29.3 Å². The molecule has 0 amide bonds. The number of piperidine rings is 1.